The van der Waals surface area contributed by atoms with Crippen molar-refractivity contribution < 1.29 is 5.11 Å². The van der Waals surface area contributed by atoms with Crippen molar-refractivity contribution in [1.29, 1.82) is 0 Å². The molecule has 0 amide bonds. The second kappa shape index (κ2) is 2.88. The molecule has 13 heavy (non-hydrogen) atoms. The van der Waals surface area contributed by atoms with Gasteiger partial charge in [0.15, 0.2) is 0 Å². The van der Waals surface area contributed by atoms with Gasteiger partial charge in [0.2, 0.25) is 0 Å². The molecule has 1 aliphatic rings. The normalized spacial score (nSPS) is 18.8. The highest BCUT2D eigenvalue weighted by atomic mass is 16.3. The van der Waals surface area contributed by atoms with Crippen LogP contribution in [0.15, 0.2) is 24.3 Å². The van der Waals surface area contributed by atoms with Crippen molar-refractivity contribution in [3.8, 4) is 12.3 Å². The molecule has 0 bridgehead atoms. The Kier molecular flexibility index (Phi) is 1.84. The second-order valence-corrected chi connectivity index (χ2v) is 3.33. The number of β-amino-alcohol motifs (C(OH)–C–C–N with tert-alkyl or cyclic N) is 1. The first-order valence-electron chi connectivity index (χ1n) is 4.25. The third-order valence-corrected chi connectivity index (χ3v) is 2.42. The minimum absolute atomic E-state index is 0.589. The zero-order valence-electron chi connectivity index (χ0n) is 7.25. The van der Waals surface area contributed by atoms with Gasteiger partial charge in [-0.05, 0) is 6.07 Å². The molecule has 0 saturated carbocycles. The molecule has 1 fully saturated rings. The molecule has 1 saturated heterocycles. The molecule has 0 unspecified atom stereocenters. The van der Waals surface area contributed by atoms with Crippen LogP contribution in [0.5, 0.6) is 0 Å². The van der Waals surface area contributed by atoms with Gasteiger partial charge in [-0.1, -0.05) is 24.1 Å². The monoisotopic (exact) mass is 173 g/mol. The van der Waals surface area contributed by atoms with E-state index in [1.165, 1.54) is 0 Å². The molecule has 0 atom stereocenters. The highest BCUT2D eigenvalue weighted by Gasteiger charge is 2.37. The molecule has 2 rings (SSSR count). The number of aliphatic hydroxyl groups is 1. The van der Waals surface area contributed by atoms with E-state index in [9.17, 15) is 5.11 Å². The van der Waals surface area contributed by atoms with Gasteiger partial charge in [0.1, 0.15) is 5.60 Å². The van der Waals surface area contributed by atoms with Crippen LogP contribution < -0.4 is 5.32 Å². The predicted molar refractivity (Wildman–Crippen MR) is 51.1 cm³/mol. The van der Waals surface area contributed by atoms with Crippen LogP contribution in [-0.4, -0.2) is 18.2 Å². The summed E-state index contributed by atoms with van der Waals surface area (Å²) in [6.07, 6.45) is 5.34. The van der Waals surface area contributed by atoms with E-state index in [1.54, 1.807) is 0 Å². The van der Waals surface area contributed by atoms with Gasteiger partial charge in [0.05, 0.1) is 0 Å². The van der Waals surface area contributed by atoms with Crippen LogP contribution >= 0.6 is 0 Å². The van der Waals surface area contributed by atoms with Gasteiger partial charge >= 0.3 is 0 Å². The predicted octanol–water partition coefficient (Wildman–Crippen LogP) is 0.459. The summed E-state index contributed by atoms with van der Waals surface area (Å²) in [6, 6.07) is 7.52. The molecule has 1 aliphatic heterocycles. The fourth-order valence-corrected chi connectivity index (χ4v) is 1.57. The van der Waals surface area contributed by atoms with Gasteiger partial charge in [-0.2, -0.15) is 0 Å². The molecular formula is C11H11NO. The average Bonchev–Trinajstić information content (AvgIpc) is 2.14. The minimum atomic E-state index is -0.747. The van der Waals surface area contributed by atoms with Crippen molar-refractivity contribution >= 4 is 0 Å². The lowest BCUT2D eigenvalue weighted by molar-refractivity contribution is -0.0148. The first kappa shape index (κ1) is 8.31. The first-order valence-corrected chi connectivity index (χ1v) is 4.25. The summed E-state index contributed by atoms with van der Waals surface area (Å²) in [7, 11) is 0. The van der Waals surface area contributed by atoms with Crippen molar-refractivity contribution in [1.82, 2.24) is 5.32 Å². The summed E-state index contributed by atoms with van der Waals surface area (Å²) in [5, 5.41) is 13.1. The van der Waals surface area contributed by atoms with Gasteiger partial charge in [-0.3, -0.25) is 0 Å². The zero-order chi connectivity index (χ0) is 9.31. The van der Waals surface area contributed by atoms with E-state index in [0.717, 1.165) is 11.1 Å². The molecule has 1 heterocycles. The van der Waals surface area contributed by atoms with Gasteiger partial charge in [-0.15, -0.1) is 6.42 Å². The van der Waals surface area contributed by atoms with E-state index in [1.807, 2.05) is 24.3 Å². The number of nitrogens with one attached hydrogen (secondary N) is 1. The van der Waals surface area contributed by atoms with Crippen LogP contribution in [-0.2, 0) is 5.60 Å². The van der Waals surface area contributed by atoms with E-state index >= 15 is 0 Å². The maximum atomic E-state index is 10.0. The Bertz CT molecular complexity index is 361. The first-order chi connectivity index (χ1) is 6.26. The molecule has 2 heteroatoms. The summed E-state index contributed by atoms with van der Waals surface area (Å²) in [6.45, 7) is 1.18. The summed E-state index contributed by atoms with van der Waals surface area (Å²) in [5.41, 5.74) is 0.894. The Morgan fingerprint density at radius 1 is 1.38 bits per heavy atom. The van der Waals surface area contributed by atoms with E-state index in [0.29, 0.717) is 13.1 Å². The lowest BCUT2D eigenvalue weighted by atomic mass is 9.85. The van der Waals surface area contributed by atoms with Crippen LogP contribution in [0, 0.1) is 12.3 Å². The smallest absolute Gasteiger partial charge is 0.116 e. The molecule has 66 valence electrons. The molecule has 2 N–H and O–H groups in total. The van der Waals surface area contributed by atoms with Gasteiger partial charge in [0.25, 0.3) is 0 Å². The summed E-state index contributed by atoms with van der Waals surface area (Å²) < 4.78 is 0. The van der Waals surface area contributed by atoms with Gasteiger partial charge in [-0.25, -0.2) is 0 Å². The Morgan fingerprint density at radius 2 is 2.08 bits per heavy atom. The van der Waals surface area contributed by atoms with E-state index < -0.39 is 5.60 Å². The molecule has 0 spiro atoms. The second-order valence-electron chi connectivity index (χ2n) is 3.33. The molecule has 2 nitrogen and oxygen atoms in total. The van der Waals surface area contributed by atoms with Crippen LogP contribution in [0.1, 0.15) is 11.1 Å². The van der Waals surface area contributed by atoms with Gasteiger partial charge in [0, 0.05) is 24.2 Å². The number of terminal acetylenes is 1. The molecule has 0 aromatic heterocycles. The Balaban J connectivity index is 2.45. The van der Waals surface area contributed by atoms with Crippen LogP contribution in [0.4, 0.5) is 0 Å². The Morgan fingerprint density at radius 3 is 2.62 bits per heavy atom. The lowest BCUT2D eigenvalue weighted by Crippen LogP contribution is -2.57. The van der Waals surface area contributed by atoms with Crippen molar-refractivity contribution in [2.45, 2.75) is 5.60 Å². The topological polar surface area (TPSA) is 32.3 Å². The van der Waals surface area contributed by atoms with Crippen molar-refractivity contribution in [3.63, 3.8) is 0 Å². The number of hydrogen-bond acceptors (Lipinski definition) is 2. The van der Waals surface area contributed by atoms with Crippen LogP contribution in [0.3, 0.4) is 0 Å². The average molecular weight is 173 g/mol. The molecule has 0 radical (unpaired) electrons. The molecule has 1 aromatic carbocycles. The highest BCUT2D eigenvalue weighted by molar-refractivity contribution is 5.44. The number of rotatable bonds is 1. The largest absolute Gasteiger partial charge is 0.382 e. The SMILES string of the molecule is C#Cc1ccccc1C1(O)CNC1. The van der Waals surface area contributed by atoms with Crippen molar-refractivity contribution in [3.05, 3.63) is 35.4 Å². The third-order valence-electron chi connectivity index (χ3n) is 2.42. The maximum Gasteiger partial charge on any atom is 0.116 e. The maximum absolute atomic E-state index is 10.0. The van der Waals surface area contributed by atoms with E-state index in [2.05, 4.69) is 11.2 Å². The molecule has 0 aliphatic carbocycles. The summed E-state index contributed by atoms with van der Waals surface area (Å²) in [4.78, 5) is 0. The number of hydrogen-bond donors (Lipinski definition) is 2. The molecular weight excluding hydrogens is 162 g/mol. The fraction of sp³-hybridized carbons (Fsp3) is 0.273. The van der Waals surface area contributed by atoms with E-state index in [4.69, 9.17) is 6.42 Å². The quantitative estimate of drug-likeness (QED) is 0.605. The zero-order valence-corrected chi connectivity index (χ0v) is 7.25. The Labute approximate surface area is 77.6 Å². The standard InChI is InChI=1S/C11H11NO/c1-2-9-5-3-4-6-10(9)11(13)7-12-8-11/h1,3-6,12-13H,7-8H2. The summed E-state index contributed by atoms with van der Waals surface area (Å²) in [5.74, 6) is 2.58. The molecule has 1 aromatic rings. The van der Waals surface area contributed by atoms with Crippen molar-refractivity contribution in [2.75, 3.05) is 13.1 Å². The van der Waals surface area contributed by atoms with Crippen LogP contribution in [0.25, 0.3) is 0 Å². The van der Waals surface area contributed by atoms with Crippen LogP contribution in [0.2, 0.25) is 0 Å². The highest BCUT2D eigenvalue weighted by Crippen LogP contribution is 2.27. The Hall–Kier alpha value is -1.30. The fourth-order valence-electron chi connectivity index (χ4n) is 1.57. The lowest BCUT2D eigenvalue weighted by Gasteiger charge is -2.38. The summed E-state index contributed by atoms with van der Waals surface area (Å²) >= 11 is 0. The third kappa shape index (κ3) is 1.23. The van der Waals surface area contributed by atoms with Gasteiger partial charge < -0.3 is 10.4 Å². The number of benzene rings is 1. The van der Waals surface area contributed by atoms with E-state index in [-0.39, 0.29) is 0 Å². The minimum Gasteiger partial charge on any atom is -0.382 e. The van der Waals surface area contributed by atoms with Crippen molar-refractivity contribution in [2.24, 2.45) is 0 Å².